The van der Waals surface area contributed by atoms with Crippen molar-refractivity contribution in [2.75, 3.05) is 6.26 Å². The van der Waals surface area contributed by atoms with Crippen LogP contribution in [0.15, 0.2) is 22.1 Å². The van der Waals surface area contributed by atoms with Crippen molar-refractivity contribution in [1.82, 2.24) is 9.97 Å². The Kier molecular flexibility index (Phi) is 4.33. The molecule has 0 radical (unpaired) electrons. The number of aromatic nitrogens is 2. The lowest BCUT2D eigenvalue weighted by atomic mass is 10.1. The number of nitriles is 1. The Bertz CT molecular complexity index is 785. The van der Waals surface area contributed by atoms with Gasteiger partial charge in [-0.05, 0) is 18.4 Å². The molecule has 1 aromatic heterocycles. The van der Waals surface area contributed by atoms with E-state index < -0.39 is 11.4 Å². The van der Waals surface area contributed by atoms with Gasteiger partial charge in [-0.15, -0.1) is 0 Å². The highest BCUT2D eigenvalue weighted by molar-refractivity contribution is 7.98. The average Bonchev–Trinajstić information content (AvgIpc) is 2.43. The number of nitrogens with zero attached hydrogens (tertiary/aromatic N) is 2. The molecular formula is C12H6Cl2FN3OS. The third kappa shape index (κ3) is 2.52. The van der Waals surface area contributed by atoms with Crippen molar-refractivity contribution in [2.24, 2.45) is 0 Å². The molecule has 0 bridgehead atoms. The number of rotatable bonds is 2. The van der Waals surface area contributed by atoms with Crippen molar-refractivity contribution >= 4 is 35.0 Å². The molecule has 0 amide bonds. The van der Waals surface area contributed by atoms with Gasteiger partial charge in [0.25, 0.3) is 5.56 Å². The molecule has 0 aliphatic heterocycles. The largest absolute Gasteiger partial charge is 0.300 e. The van der Waals surface area contributed by atoms with Crippen LogP contribution in [0, 0.1) is 17.1 Å². The van der Waals surface area contributed by atoms with E-state index in [0.29, 0.717) is 0 Å². The van der Waals surface area contributed by atoms with E-state index in [4.69, 9.17) is 28.5 Å². The summed E-state index contributed by atoms with van der Waals surface area (Å²) in [6.45, 7) is 0. The first-order valence-electron chi connectivity index (χ1n) is 5.21. The summed E-state index contributed by atoms with van der Waals surface area (Å²) in [6, 6.07) is 4.12. The second-order valence-corrected chi connectivity index (χ2v) is 5.21. The Morgan fingerprint density at radius 1 is 1.45 bits per heavy atom. The quantitative estimate of drug-likeness (QED) is 0.520. The first-order valence-corrected chi connectivity index (χ1v) is 7.20. The number of benzene rings is 1. The Balaban J connectivity index is 2.89. The molecule has 0 fully saturated rings. The molecule has 0 spiro atoms. The van der Waals surface area contributed by atoms with Crippen LogP contribution in [-0.2, 0) is 0 Å². The summed E-state index contributed by atoms with van der Waals surface area (Å²) >= 11 is 13.0. The lowest BCUT2D eigenvalue weighted by Gasteiger charge is -2.09. The number of H-pyrrole nitrogens is 1. The molecule has 20 heavy (non-hydrogen) atoms. The standard InChI is InChI=1S/C12H6Cl2FN3OS/c1-20-12-17-10(5(4-16)11(19)18-12)8-6(13)2-3-7(15)9(8)14/h2-3H,1H3,(H,17,18,19). The van der Waals surface area contributed by atoms with Crippen molar-refractivity contribution in [2.45, 2.75) is 5.16 Å². The van der Waals surface area contributed by atoms with E-state index in [2.05, 4.69) is 9.97 Å². The molecule has 0 saturated carbocycles. The summed E-state index contributed by atoms with van der Waals surface area (Å²) < 4.78 is 13.6. The summed E-state index contributed by atoms with van der Waals surface area (Å²) in [4.78, 5) is 18.4. The third-order valence-electron chi connectivity index (χ3n) is 2.48. The van der Waals surface area contributed by atoms with Crippen LogP contribution in [0.4, 0.5) is 4.39 Å². The van der Waals surface area contributed by atoms with Crippen LogP contribution < -0.4 is 5.56 Å². The fraction of sp³-hybridized carbons (Fsp3) is 0.0833. The van der Waals surface area contributed by atoms with Crippen molar-refractivity contribution in [1.29, 1.82) is 5.26 Å². The first kappa shape index (κ1) is 14.9. The fourth-order valence-corrected chi connectivity index (χ4v) is 2.50. The fourth-order valence-electron chi connectivity index (χ4n) is 1.58. The number of nitrogens with one attached hydrogen (secondary N) is 1. The van der Waals surface area contributed by atoms with Crippen molar-refractivity contribution in [3.63, 3.8) is 0 Å². The Morgan fingerprint density at radius 2 is 2.15 bits per heavy atom. The summed E-state index contributed by atoms with van der Waals surface area (Å²) in [5.41, 5.74) is -0.892. The van der Waals surface area contributed by atoms with Crippen LogP contribution in [0.1, 0.15) is 5.56 Å². The maximum atomic E-state index is 13.6. The molecule has 1 heterocycles. The molecule has 2 aromatic rings. The predicted molar refractivity (Wildman–Crippen MR) is 76.8 cm³/mol. The SMILES string of the molecule is CSc1nc(-c2c(Cl)ccc(F)c2Cl)c(C#N)c(=O)[nH]1. The normalized spacial score (nSPS) is 10.3. The van der Waals surface area contributed by atoms with Crippen LogP contribution in [-0.4, -0.2) is 16.2 Å². The molecule has 1 N–H and O–H groups in total. The highest BCUT2D eigenvalue weighted by atomic mass is 35.5. The van der Waals surface area contributed by atoms with E-state index in [1.165, 1.54) is 17.8 Å². The minimum atomic E-state index is -0.706. The van der Waals surface area contributed by atoms with Crippen LogP contribution in [0.25, 0.3) is 11.3 Å². The number of hydrogen-bond acceptors (Lipinski definition) is 4. The zero-order valence-electron chi connectivity index (χ0n) is 10.00. The van der Waals surface area contributed by atoms with Crippen molar-refractivity contribution < 1.29 is 4.39 Å². The Labute approximate surface area is 127 Å². The van der Waals surface area contributed by atoms with E-state index in [0.717, 1.165) is 6.07 Å². The molecular weight excluding hydrogens is 324 g/mol. The van der Waals surface area contributed by atoms with Crippen LogP contribution in [0.3, 0.4) is 0 Å². The summed E-state index contributed by atoms with van der Waals surface area (Å²) in [7, 11) is 0. The maximum Gasteiger partial charge on any atom is 0.270 e. The van der Waals surface area contributed by atoms with Gasteiger partial charge in [0.2, 0.25) is 0 Å². The lowest BCUT2D eigenvalue weighted by Crippen LogP contribution is -2.15. The van der Waals surface area contributed by atoms with E-state index in [1.807, 2.05) is 0 Å². The molecule has 0 aliphatic rings. The Morgan fingerprint density at radius 3 is 2.75 bits per heavy atom. The summed E-state index contributed by atoms with van der Waals surface area (Å²) in [5, 5.41) is 9.19. The van der Waals surface area contributed by atoms with Crippen LogP contribution >= 0.6 is 35.0 Å². The third-order valence-corrected chi connectivity index (χ3v) is 3.75. The van der Waals surface area contributed by atoms with Gasteiger partial charge >= 0.3 is 0 Å². The molecule has 0 saturated heterocycles. The molecule has 8 heteroatoms. The number of halogens is 3. The van der Waals surface area contributed by atoms with Crippen molar-refractivity contribution in [3.8, 4) is 17.3 Å². The zero-order valence-corrected chi connectivity index (χ0v) is 12.3. The van der Waals surface area contributed by atoms with Gasteiger partial charge in [-0.25, -0.2) is 9.37 Å². The number of hydrogen-bond donors (Lipinski definition) is 1. The molecule has 0 atom stereocenters. The van der Waals surface area contributed by atoms with Gasteiger partial charge in [0.1, 0.15) is 17.4 Å². The average molecular weight is 330 g/mol. The number of thioether (sulfide) groups is 1. The van der Waals surface area contributed by atoms with Gasteiger partial charge in [0.15, 0.2) is 5.16 Å². The van der Waals surface area contributed by atoms with E-state index in [9.17, 15) is 9.18 Å². The molecule has 0 aliphatic carbocycles. The molecule has 4 nitrogen and oxygen atoms in total. The van der Waals surface area contributed by atoms with E-state index >= 15 is 0 Å². The maximum absolute atomic E-state index is 13.6. The van der Waals surface area contributed by atoms with Crippen LogP contribution in [0.5, 0.6) is 0 Å². The minimum Gasteiger partial charge on any atom is -0.300 e. The Hall–Kier alpha value is -1.55. The molecule has 102 valence electrons. The number of aromatic amines is 1. The van der Waals surface area contributed by atoms with Crippen molar-refractivity contribution in [3.05, 3.63) is 43.9 Å². The smallest absolute Gasteiger partial charge is 0.270 e. The summed E-state index contributed by atoms with van der Waals surface area (Å²) in [5.74, 6) is -0.706. The van der Waals surface area contributed by atoms with Gasteiger partial charge in [0.05, 0.1) is 15.7 Å². The molecule has 1 aromatic carbocycles. The highest BCUT2D eigenvalue weighted by Gasteiger charge is 2.20. The van der Waals surface area contributed by atoms with Gasteiger partial charge in [-0.2, -0.15) is 5.26 Å². The van der Waals surface area contributed by atoms with Crippen LogP contribution in [0.2, 0.25) is 10.0 Å². The van der Waals surface area contributed by atoms with E-state index in [-0.39, 0.29) is 32.0 Å². The predicted octanol–water partition coefficient (Wildman–Crippen LogP) is 3.48. The lowest BCUT2D eigenvalue weighted by molar-refractivity contribution is 0.628. The second kappa shape index (κ2) is 5.83. The molecule has 2 rings (SSSR count). The van der Waals surface area contributed by atoms with Gasteiger partial charge in [-0.3, -0.25) is 4.79 Å². The zero-order chi connectivity index (χ0) is 14.9. The van der Waals surface area contributed by atoms with Gasteiger partial charge < -0.3 is 4.98 Å². The van der Waals surface area contributed by atoms with Gasteiger partial charge in [0, 0.05) is 5.56 Å². The topological polar surface area (TPSA) is 69.5 Å². The minimum absolute atomic E-state index is 0.0323. The highest BCUT2D eigenvalue weighted by Crippen LogP contribution is 2.36. The molecule has 0 unspecified atom stereocenters. The first-order chi connectivity index (χ1) is 9.49. The summed E-state index contributed by atoms with van der Waals surface area (Å²) in [6.07, 6.45) is 1.70. The van der Waals surface area contributed by atoms with E-state index in [1.54, 1.807) is 12.3 Å². The second-order valence-electron chi connectivity index (χ2n) is 3.63. The monoisotopic (exact) mass is 329 g/mol. The van der Waals surface area contributed by atoms with Gasteiger partial charge in [-0.1, -0.05) is 35.0 Å².